The summed E-state index contributed by atoms with van der Waals surface area (Å²) in [5.41, 5.74) is 7.33. The van der Waals surface area contributed by atoms with Gasteiger partial charge in [-0.05, 0) is 13.3 Å². The van der Waals surface area contributed by atoms with E-state index in [1.807, 2.05) is 24.6 Å². The molecular weight excluding hydrogens is 244 g/mol. The van der Waals surface area contributed by atoms with Crippen LogP contribution >= 0.6 is 0 Å². The van der Waals surface area contributed by atoms with Crippen molar-refractivity contribution >= 4 is 11.6 Å². The summed E-state index contributed by atoms with van der Waals surface area (Å²) < 4.78 is 1.90. The van der Waals surface area contributed by atoms with Crippen molar-refractivity contribution in [2.45, 2.75) is 32.9 Å². The summed E-state index contributed by atoms with van der Waals surface area (Å²) in [4.78, 5) is 16.0. The number of aromatic nitrogens is 4. The number of carbonyl (C=O) groups is 1. The predicted octanol–water partition coefficient (Wildman–Crippen LogP) is 0.569. The van der Waals surface area contributed by atoms with Gasteiger partial charge >= 0.3 is 0 Å². The Labute approximate surface area is 111 Å². The molecule has 0 spiro atoms. The zero-order valence-electron chi connectivity index (χ0n) is 11.1. The fraction of sp³-hybridized carbons (Fsp3) is 0.417. The molecule has 7 nitrogen and oxygen atoms in total. The number of aryl methyl sites for hydroxylation is 1. The molecule has 0 aliphatic rings. The molecule has 0 fully saturated rings. The number of rotatable bonds is 5. The van der Waals surface area contributed by atoms with Crippen LogP contribution in [0.3, 0.4) is 0 Å². The highest BCUT2D eigenvalue weighted by Gasteiger charge is 2.18. The number of aromatic amines is 1. The number of nitrogen functional groups attached to an aromatic ring is 1. The average molecular weight is 262 g/mol. The molecule has 0 radical (unpaired) electrons. The van der Waals surface area contributed by atoms with Crippen molar-refractivity contribution in [2.24, 2.45) is 0 Å². The Balaban J connectivity index is 1.98. The lowest BCUT2D eigenvalue weighted by molar-refractivity contribution is 0.0932. The van der Waals surface area contributed by atoms with Gasteiger partial charge in [-0.15, -0.1) is 0 Å². The van der Waals surface area contributed by atoms with Crippen molar-refractivity contribution in [1.82, 2.24) is 25.1 Å². The third kappa shape index (κ3) is 2.93. The van der Waals surface area contributed by atoms with Crippen LogP contribution in [0.4, 0.5) is 5.69 Å². The molecule has 1 amide bonds. The molecule has 102 valence electrons. The molecule has 2 aromatic heterocycles. The summed E-state index contributed by atoms with van der Waals surface area (Å²) in [6.07, 6.45) is 5.98. The van der Waals surface area contributed by atoms with Gasteiger partial charge in [0.2, 0.25) is 0 Å². The second-order valence-electron chi connectivity index (χ2n) is 4.45. The topological polar surface area (TPSA) is 102 Å². The van der Waals surface area contributed by atoms with Crippen LogP contribution in [0.5, 0.6) is 0 Å². The normalized spacial score (nSPS) is 12.3. The summed E-state index contributed by atoms with van der Waals surface area (Å²) >= 11 is 0. The largest absolute Gasteiger partial charge is 0.395 e. The maximum atomic E-state index is 12.0. The van der Waals surface area contributed by atoms with Gasteiger partial charge in [0, 0.05) is 25.0 Å². The first-order chi connectivity index (χ1) is 9.11. The Morgan fingerprint density at radius 2 is 2.42 bits per heavy atom. The van der Waals surface area contributed by atoms with Crippen LogP contribution in [0.15, 0.2) is 18.7 Å². The van der Waals surface area contributed by atoms with Gasteiger partial charge in [-0.2, -0.15) is 5.10 Å². The Morgan fingerprint density at radius 1 is 1.63 bits per heavy atom. The van der Waals surface area contributed by atoms with Crippen molar-refractivity contribution in [3.8, 4) is 0 Å². The maximum Gasteiger partial charge on any atom is 0.274 e. The molecule has 0 saturated heterocycles. The van der Waals surface area contributed by atoms with Crippen molar-refractivity contribution in [1.29, 1.82) is 0 Å². The van der Waals surface area contributed by atoms with E-state index in [0.717, 1.165) is 12.1 Å². The van der Waals surface area contributed by atoms with Crippen LogP contribution in [0.1, 0.15) is 30.0 Å². The second kappa shape index (κ2) is 5.55. The molecule has 7 heteroatoms. The average Bonchev–Trinajstić information content (AvgIpc) is 2.98. The van der Waals surface area contributed by atoms with Gasteiger partial charge in [0.25, 0.3) is 5.91 Å². The predicted molar refractivity (Wildman–Crippen MR) is 71.5 cm³/mol. The molecule has 1 unspecified atom stereocenters. The minimum atomic E-state index is -0.263. The molecule has 2 aromatic rings. The fourth-order valence-electron chi connectivity index (χ4n) is 1.88. The van der Waals surface area contributed by atoms with Gasteiger partial charge in [0.15, 0.2) is 5.69 Å². The summed E-state index contributed by atoms with van der Waals surface area (Å²) in [7, 11) is 0. The zero-order valence-corrected chi connectivity index (χ0v) is 11.1. The van der Waals surface area contributed by atoms with Crippen LogP contribution in [0.25, 0.3) is 0 Å². The van der Waals surface area contributed by atoms with Gasteiger partial charge in [0.05, 0.1) is 17.7 Å². The minimum absolute atomic E-state index is 0.0390. The van der Waals surface area contributed by atoms with Crippen LogP contribution in [0.2, 0.25) is 0 Å². The number of nitrogens with two attached hydrogens (primary N) is 1. The molecule has 19 heavy (non-hydrogen) atoms. The van der Waals surface area contributed by atoms with Gasteiger partial charge in [-0.25, -0.2) is 4.98 Å². The summed E-state index contributed by atoms with van der Waals surface area (Å²) in [6.45, 7) is 4.52. The quantitative estimate of drug-likeness (QED) is 0.733. The van der Waals surface area contributed by atoms with E-state index in [-0.39, 0.29) is 17.6 Å². The Hall–Kier alpha value is -2.31. The highest BCUT2D eigenvalue weighted by atomic mass is 16.2. The van der Waals surface area contributed by atoms with E-state index in [4.69, 9.17) is 5.73 Å². The maximum absolute atomic E-state index is 12.0. The monoisotopic (exact) mass is 262 g/mol. The number of hydrogen-bond donors (Lipinski definition) is 3. The lowest BCUT2D eigenvalue weighted by Crippen LogP contribution is -2.36. The van der Waals surface area contributed by atoms with E-state index in [9.17, 15) is 4.79 Å². The highest BCUT2D eigenvalue weighted by Crippen LogP contribution is 2.14. The molecule has 2 heterocycles. The van der Waals surface area contributed by atoms with E-state index >= 15 is 0 Å². The number of nitrogens with one attached hydrogen (secondary N) is 2. The Bertz CT molecular complexity index is 545. The van der Waals surface area contributed by atoms with Crippen LogP contribution < -0.4 is 11.1 Å². The Morgan fingerprint density at radius 3 is 3.00 bits per heavy atom. The van der Waals surface area contributed by atoms with Gasteiger partial charge in [-0.3, -0.25) is 9.89 Å². The number of anilines is 1. The number of hydrogen-bond acceptors (Lipinski definition) is 4. The zero-order chi connectivity index (χ0) is 13.8. The van der Waals surface area contributed by atoms with Crippen molar-refractivity contribution in [2.75, 3.05) is 5.73 Å². The van der Waals surface area contributed by atoms with Crippen LogP contribution in [0, 0.1) is 0 Å². The first-order valence-corrected chi connectivity index (χ1v) is 6.21. The molecule has 0 aliphatic carbocycles. The second-order valence-corrected chi connectivity index (χ2v) is 4.45. The first kappa shape index (κ1) is 13.1. The number of carbonyl (C=O) groups excluding carboxylic acids is 1. The minimum Gasteiger partial charge on any atom is -0.395 e. The number of imidazole rings is 1. The summed E-state index contributed by atoms with van der Waals surface area (Å²) in [5.74, 6) is -0.263. The number of nitrogens with zero attached hydrogens (tertiary/aromatic N) is 3. The van der Waals surface area contributed by atoms with E-state index in [1.54, 1.807) is 12.5 Å². The molecule has 0 aliphatic heterocycles. The molecule has 2 rings (SSSR count). The Kier molecular flexibility index (Phi) is 3.84. The molecule has 4 N–H and O–H groups in total. The van der Waals surface area contributed by atoms with Gasteiger partial charge < -0.3 is 15.6 Å². The third-order valence-electron chi connectivity index (χ3n) is 2.87. The van der Waals surface area contributed by atoms with E-state index in [1.165, 1.54) is 0 Å². The van der Waals surface area contributed by atoms with Crippen LogP contribution in [-0.4, -0.2) is 31.7 Å². The van der Waals surface area contributed by atoms with Crippen molar-refractivity contribution in [3.05, 3.63) is 30.1 Å². The van der Waals surface area contributed by atoms with Gasteiger partial charge in [-0.1, -0.05) is 6.92 Å². The van der Waals surface area contributed by atoms with E-state index < -0.39 is 0 Å². The number of H-pyrrole nitrogens is 1. The molecule has 0 aromatic carbocycles. The molecule has 0 saturated carbocycles. The molecular formula is C12H18N6O. The van der Waals surface area contributed by atoms with E-state index in [2.05, 4.69) is 20.5 Å². The SMILES string of the molecule is CCc1[nH]nc(C(=O)NC(C)Cn2ccnc2)c1N. The summed E-state index contributed by atoms with van der Waals surface area (Å²) in [5, 5.41) is 9.59. The fourth-order valence-corrected chi connectivity index (χ4v) is 1.88. The molecule has 0 bridgehead atoms. The van der Waals surface area contributed by atoms with Gasteiger partial charge in [0.1, 0.15) is 0 Å². The third-order valence-corrected chi connectivity index (χ3v) is 2.87. The summed E-state index contributed by atoms with van der Waals surface area (Å²) in [6, 6.07) is -0.0390. The first-order valence-electron chi connectivity index (χ1n) is 6.21. The smallest absolute Gasteiger partial charge is 0.274 e. The van der Waals surface area contributed by atoms with E-state index in [0.29, 0.717) is 12.2 Å². The lowest BCUT2D eigenvalue weighted by Gasteiger charge is -2.13. The van der Waals surface area contributed by atoms with Crippen LogP contribution in [-0.2, 0) is 13.0 Å². The highest BCUT2D eigenvalue weighted by molar-refractivity contribution is 5.97. The lowest BCUT2D eigenvalue weighted by atomic mass is 10.2. The van der Waals surface area contributed by atoms with Crippen molar-refractivity contribution < 1.29 is 4.79 Å². The van der Waals surface area contributed by atoms with Crippen molar-refractivity contribution in [3.63, 3.8) is 0 Å². The molecule has 1 atom stereocenters. The number of amides is 1. The standard InChI is InChI=1S/C12H18N6O/c1-3-9-10(13)11(17-16-9)12(19)15-8(2)6-18-5-4-14-7-18/h4-5,7-8H,3,6,13H2,1-2H3,(H,15,19)(H,16,17).